The fraction of sp³-hybridized carbons (Fsp3) is 0.500. The predicted molar refractivity (Wildman–Crippen MR) is 92.4 cm³/mol. The molecule has 1 aromatic carbocycles. The van der Waals surface area contributed by atoms with E-state index in [1.54, 1.807) is 11.8 Å². The highest BCUT2D eigenvalue weighted by molar-refractivity contribution is 8.00. The Morgan fingerprint density at radius 1 is 1.36 bits per heavy atom. The minimum atomic E-state index is -1.41. The number of hydrogen-bond acceptors (Lipinski definition) is 4. The van der Waals surface area contributed by atoms with Crippen LogP contribution in [0, 0.1) is 0 Å². The molecule has 0 radical (unpaired) electrons. The van der Waals surface area contributed by atoms with Gasteiger partial charge in [-0.15, -0.1) is 11.8 Å². The van der Waals surface area contributed by atoms with Gasteiger partial charge in [0.2, 0.25) is 5.91 Å². The van der Waals surface area contributed by atoms with Crippen LogP contribution in [-0.2, 0) is 9.53 Å². The van der Waals surface area contributed by atoms with Crippen molar-refractivity contribution in [1.82, 2.24) is 4.90 Å². The van der Waals surface area contributed by atoms with Gasteiger partial charge in [-0.25, -0.2) is 9.69 Å². The number of benzene rings is 1. The van der Waals surface area contributed by atoms with E-state index in [4.69, 9.17) is 4.74 Å². The third kappa shape index (κ3) is 4.13. The van der Waals surface area contributed by atoms with E-state index in [9.17, 15) is 9.59 Å². The number of ether oxygens (including phenoxy) is 1. The molecule has 1 fully saturated rings. The molecule has 0 bridgehead atoms. The number of carbonyl (C=O) groups is 2. The van der Waals surface area contributed by atoms with Crippen LogP contribution in [0.4, 0.5) is 4.79 Å². The van der Waals surface area contributed by atoms with Crippen LogP contribution >= 0.6 is 11.8 Å². The number of nitrogens with zero attached hydrogens (tertiary/aromatic N) is 1. The summed E-state index contributed by atoms with van der Waals surface area (Å²) in [6.07, 6.45) is -0.163. The molecule has 1 aliphatic rings. The molecule has 4 nitrogen and oxygen atoms in total. The van der Waals surface area contributed by atoms with Crippen molar-refractivity contribution in [3.8, 4) is 0 Å². The Kier molecular flexibility index (Phi) is 5.34. The number of amides is 2. The maximum Gasteiger partial charge on any atom is 0.416 e. The molecular weight excluding hydrogens is 314 g/mol. The van der Waals surface area contributed by atoms with Gasteiger partial charge in [-0.1, -0.05) is 44.8 Å². The number of cyclic esters (lactones) is 1. The van der Waals surface area contributed by atoms with E-state index in [1.165, 1.54) is 15.0 Å². The largest absolute Gasteiger partial charge is 0.447 e. The molecule has 2 rings (SSSR count). The molecule has 0 saturated carbocycles. The van der Waals surface area contributed by atoms with Crippen LogP contribution in [0.2, 0.25) is 19.6 Å². The average Bonchev–Trinajstić information content (AvgIpc) is 2.84. The number of imide groups is 1. The van der Waals surface area contributed by atoms with Crippen molar-refractivity contribution < 1.29 is 14.3 Å². The van der Waals surface area contributed by atoms with Gasteiger partial charge in [-0.3, -0.25) is 4.79 Å². The average molecular weight is 338 g/mol. The minimum Gasteiger partial charge on any atom is -0.447 e. The fourth-order valence-corrected chi connectivity index (χ4v) is 5.95. The molecule has 120 valence electrons. The first-order chi connectivity index (χ1) is 10.3. The highest BCUT2D eigenvalue weighted by Crippen LogP contribution is 2.26. The SMILES string of the molecule is C[C@@H](CC(=O)N1CCOC1=O)Sc1ccccc1[Si](C)(C)C. The summed E-state index contributed by atoms with van der Waals surface area (Å²) in [7, 11) is -1.41. The number of rotatable bonds is 5. The van der Waals surface area contributed by atoms with Crippen molar-refractivity contribution >= 4 is 37.0 Å². The zero-order valence-electron chi connectivity index (χ0n) is 13.6. The molecule has 22 heavy (non-hydrogen) atoms. The molecule has 0 N–H and O–H groups in total. The Bertz CT molecular complexity index is 571. The first kappa shape index (κ1) is 17.1. The zero-order chi connectivity index (χ0) is 16.3. The van der Waals surface area contributed by atoms with Gasteiger partial charge in [-0.05, 0) is 11.3 Å². The lowest BCUT2D eigenvalue weighted by atomic mass is 10.3. The van der Waals surface area contributed by atoms with Crippen LogP contribution in [0.5, 0.6) is 0 Å². The zero-order valence-corrected chi connectivity index (χ0v) is 15.4. The fourth-order valence-electron chi connectivity index (χ4n) is 2.42. The van der Waals surface area contributed by atoms with Crippen molar-refractivity contribution in [2.45, 2.75) is 43.1 Å². The van der Waals surface area contributed by atoms with Crippen molar-refractivity contribution in [2.75, 3.05) is 13.2 Å². The van der Waals surface area contributed by atoms with Crippen molar-refractivity contribution in [3.05, 3.63) is 24.3 Å². The van der Waals surface area contributed by atoms with E-state index in [1.807, 2.05) is 13.0 Å². The summed E-state index contributed by atoms with van der Waals surface area (Å²) in [6, 6.07) is 8.44. The van der Waals surface area contributed by atoms with Gasteiger partial charge >= 0.3 is 6.09 Å². The van der Waals surface area contributed by atoms with Crippen molar-refractivity contribution in [3.63, 3.8) is 0 Å². The topological polar surface area (TPSA) is 46.6 Å². The molecule has 0 aromatic heterocycles. The molecular formula is C16H23NO3SSi. The number of hydrogen-bond donors (Lipinski definition) is 0. The van der Waals surface area contributed by atoms with Crippen LogP contribution in [0.3, 0.4) is 0 Å². The summed E-state index contributed by atoms with van der Waals surface area (Å²) >= 11 is 1.72. The summed E-state index contributed by atoms with van der Waals surface area (Å²) in [5.74, 6) is -0.145. The summed E-state index contributed by atoms with van der Waals surface area (Å²) in [4.78, 5) is 26.0. The van der Waals surface area contributed by atoms with Gasteiger partial charge in [-0.2, -0.15) is 0 Å². The van der Waals surface area contributed by atoms with Crippen molar-refractivity contribution in [2.24, 2.45) is 0 Å². The maximum atomic E-state index is 12.2. The number of carbonyl (C=O) groups excluding carboxylic acids is 2. The second-order valence-corrected chi connectivity index (χ2v) is 13.1. The molecule has 2 amide bonds. The summed E-state index contributed by atoms with van der Waals surface area (Å²) in [5.41, 5.74) is 0. The second kappa shape index (κ2) is 6.87. The van der Waals surface area contributed by atoms with E-state index < -0.39 is 14.2 Å². The van der Waals surface area contributed by atoms with Gasteiger partial charge < -0.3 is 4.74 Å². The third-order valence-electron chi connectivity index (χ3n) is 3.55. The monoisotopic (exact) mass is 337 g/mol. The Balaban J connectivity index is 2.02. The lowest BCUT2D eigenvalue weighted by molar-refractivity contribution is -0.127. The Morgan fingerprint density at radius 3 is 2.64 bits per heavy atom. The highest BCUT2D eigenvalue weighted by Gasteiger charge is 2.29. The van der Waals surface area contributed by atoms with Crippen LogP contribution in [0.15, 0.2) is 29.2 Å². The quantitative estimate of drug-likeness (QED) is 0.612. The first-order valence-corrected chi connectivity index (χ1v) is 11.9. The molecule has 1 atom stereocenters. The predicted octanol–water partition coefficient (Wildman–Crippen LogP) is 3.08. The Labute approximate surface area is 137 Å². The van der Waals surface area contributed by atoms with Gasteiger partial charge in [0, 0.05) is 16.6 Å². The van der Waals surface area contributed by atoms with Crippen LogP contribution in [0.1, 0.15) is 13.3 Å². The van der Waals surface area contributed by atoms with Gasteiger partial charge in [0.15, 0.2) is 0 Å². The van der Waals surface area contributed by atoms with Crippen LogP contribution in [-0.4, -0.2) is 43.4 Å². The van der Waals surface area contributed by atoms with E-state index in [0.717, 1.165) is 0 Å². The second-order valence-electron chi connectivity index (χ2n) is 6.54. The highest BCUT2D eigenvalue weighted by atomic mass is 32.2. The molecule has 6 heteroatoms. The third-order valence-corrected chi connectivity index (χ3v) is 6.96. The lowest BCUT2D eigenvalue weighted by Crippen LogP contribution is -2.39. The standard InChI is InChI=1S/C16H23NO3SSi/c1-12(11-15(18)17-9-10-20-16(17)19)21-13-7-5-6-8-14(13)22(2,3)4/h5-8,12H,9-11H2,1-4H3/t12-/m0/s1. The summed E-state index contributed by atoms with van der Waals surface area (Å²) in [6.45, 7) is 9.68. The minimum absolute atomic E-state index is 0.124. The Morgan fingerprint density at radius 2 is 2.05 bits per heavy atom. The van der Waals surface area contributed by atoms with E-state index >= 15 is 0 Å². The maximum absolute atomic E-state index is 12.2. The molecule has 1 heterocycles. The van der Waals surface area contributed by atoms with Crippen molar-refractivity contribution in [1.29, 1.82) is 0 Å². The molecule has 0 aliphatic carbocycles. The molecule has 0 spiro atoms. The molecule has 1 aromatic rings. The first-order valence-electron chi connectivity index (χ1n) is 7.52. The van der Waals surface area contributed by atoms with Gasteiger partial charge in [0.25, 0.3) is 0 Å². The molecule has 0 unspecified atom stereocenters. The van der Waals surface area contributed by atoms with Gasteiger partial charge in [0.1, 0.15) is 6.61 Å². The normalized spacial score (nSPS) is 16.5. The van der Waals surface area contributed by atoms with E-state index in [0.29, 0.717) is 19.6 Å². The van der Waals surface area contributed by atoms with Crippen LogP contribution < -0.4 is 5.19 Å². The van der Waals surface area contributed by atoms with E-state index in [2.05, 4.69) is 37.8 Å². The summed E-state index contributed by atoms with van der Waals surface area (Å²) < 4.78 is 4.82. The van der Waals surface area contributed by atoms with Gasteiger partial charge in [0.05, 0.1) is 14.6 Å². The number of thioether (sulfide) groups is 1. The molecule has 1 aliphatic heterocycles. The smallest absolute Gasteiger partial charge is 0.416 e. The lowest BCUT2D eigenvalue weighted by Gasteiger charge is -2.22. The summed E-state index contributed by atoms with van der Waals surface area (Å²) in [5, 5.41) is 1.54. The van der Waals surface area contributed by atoms with E-state index in [-0.39, 0.29) is 11.2 Å². The Hall–Kier alpha value is -1.27. The van der Waals surface area contributed by atoms with Crippen LogP contribution in [0.25, 0.3) is 0 Å². The molecule has 1 saturated heterocycles.